The molecule has 1 aliphatic heterocycles. The fourth-order valence-electron chi connectivity index (χ4n) is 1.62. The van der Waals surface area contributed by atoms with Crippen molar-refractivity contribution in [2.24, 2.45) is 17.8 Å². The van der Waals surface area contributed by atoms with E-state index in [0.29, 0.717) is 17.8 Å². The highest BCUT2D eigenvalue weighted by molar-refractivity contribution is 4.97. The molecule has 4 atom stereocenters. The number of rotatable bonds is 1. The highest BCUT2D eigenvalue weighted by Gasteiger charge is 2.35. The molecule has 0 spiro atoms. The molecule has 1 aliphatic rings. The Hall–Kier alpha value is -0.500. The minimum Gasteiger partial charge on any atom is -0.469 e. The summed E-state index contributed by atoms with van der Waals surface area (Å²) in [5, 5.41) is 0. The van der Waals surface area contributed by atoms with Crippen LogP contribution in [0, 0.1) is 17.8 Å². The quantitative estimate of drug-likeness (QED) is 0.601. The predicted molar refractivity (Wildman–Crippen MR) is 48.5 cm³/mol. The maximum atomic E-state index is 5.51. The Kier molecular flexibility index (Phi) is 2.78. The van der Waals surface area contributed by atoms with E-state index in [-0.39, 0.29) is 6.29 Å². The first-order chi connectivity index (χ1) is 5.57. The monoisotopic (exact) mass is 170 g/mol. The lowest BCUT2D eigenvalue weighted by Gasteiger charge is -2.38. The summed E-state index contributed by atoms with van der Waals surface area (Å²) in [7, 11) is 1.68. The maximum absolute atomic E-state index is 5.51. The lowest BCUT2D eigenvalue weighted by molar-refractivity contribution is -0.171. The van der Waals surface area contributed by atoms with Gasteiger partial charge in [-0.2, -0.15) is 0 Å². The zero-order chi connectivity index (χ0) is 9.30. The molecule has 2 heteroatoms. The SMILES string of the molecule is C=C1OC(OC)C(C)C(C)C1C. The van der Waals surface area contributed by atoms with E-state index in [2.05, 4.69) is 27.4 Å². The molecule has 1 heterocycles. The Morgan fingerprint density at radius 3 is 2.33 bits per heavy atom. The van der Waals surface area contributed by atoms with Crippen molar-refractivity contribution in [3.8, 4) is 0 Å². The summed E-state index contributed by atoms with van der Waals surface area (Å²) in [5.41, 5.74) is 0. The zero-order valence-electron chi connectivity index (χ0n) is 8.33. The Morgan fingerprint density at radius 1 is 1.25 bits per heavy atom. The third-order valence-corrected chi connectivity index (χ3v) is 3.06. The largest absolute Gasteiger partial charge is 0.469 e. The molecule has 0 amide bonds. The lowest BCUT2D eigenvalue weighted by Crippen LogP contribution is -2.38. The summed E-state index contributed by atoms with van der Waals surface area (Å²) in [6, 6.07) is 0. The van der Waals surface area contributed by atoms with Gasteiger partial charge in [-0.3, -0.25) is 0 Å². The van der Waals surface area contributed by atoms with Gasteiger partial charge in [0.2, 0.25) is 6.29 Å². The number of hydrogen-bond donors (Lipinski definition) is 0. The number of allylic oxidation sites excluding steroid dienone is 1. The van der Waals surface area contributed by atoms with Gasteiger partial charge in [0, 0.05) is 18.9 Å². The molecule has 1 fully saturated rings. The highest BCUT2D eigenvalue weighted by atomic mass is 16.7. The first-order valence-corrected chi connectivity index (χ1v) is 4.46. The van der Waals surface area contributed by atoms with Gasteiger partial charge in [-0.25, -0.2) is 0 Å². The van der Waals surface area contributed by atoms with E-state index in [0.717, 1.165) is 5.76 Å². The molecule has 0 radical (unpaired) electrons. The molecule has 0 aliphatic carbocycles. The highest BCUT2D eigenvalue weighted by Crippen LogP contribution is 2.36. The van der Waals surface area contributed by atoms with Crippen molar-refractivity contribution in [2.75, 3.05) is 7.11 Å². The van der Waals surface area contributed by atoms with Gasteiger partial charge in [-0.1, -0.05) is 27.4 Å². The van der Waals surface area contributed by atoms with Gasteiger partial charge >= 0.3 is 0 Å². The smallest absolute Gasteiger partial charge is 0.201 e. The van der Waals surface area contributed by atoms with Crippen molar-refractivity contribution in [1.29, 1.82) is 0 Å². The van der Waals surface area contributed by atoms with Crippen LogP contribution in [0.5, 0.6) is 0 Å². The van der Waals surface area contributed by atoms with Crippen LogP contribution in [0.25, 0.3) is 0 Å². The molecule has 4 unspecified atom stereocenters. The van der Waals surface area contributed by atoms with Crippen molar-refractivity contribution >= 4 is 0 Å². The lowest BCUT2D eigenvalue weighted by atomic mass is 9.81. The Labute approximate surface area is 74.6 Å². The van der Waals surface area contributed by atoms with Gasteiger partial charge in [0.1, 0.15) is 0 Å². The van der Waals surface area contributed by atoms with E-state index >= 15 is 0 Å². The van der Waals surface area contributed by atoms with Crippen LogP contribution in [-0.2, 0) is 9.47 Å². The number of ether oxygens (including phenoxy) is 2. The number of methoxy groups -OCH3 is 1. The van der Waals surface area contributed by atoms with Crippen molar-refractivity contribution < 1.29 is 9.47 Å². The predicted octanol–water partition coefficient (Wildman–Crippen LogP) is 2.41. The van der Waals surface area contributed by atoms with Crippen LogP contribution < -0.4 is 0 Å². The first kappa shape index (κ1) is 9.59. The summed E-state index contributed by atoms with van der Waals surface area (Å²) in [6.07, 6.45) is -0.108. The van der Waals surface area contributed by atoms with Gasteiger partial charge in [-0.05, 0) is 5.92 Å². The van der Waals surface area contributed by atoms with Gasteiger partial charge in [-0.15, -0.1) is 0 Å². The fraction of sp³-hybridized carbons (Fsp3) is 0.800. The van der Waals surface area contributed by atoms with Crippen LogP contribution in [0.1, 0.15) is 20.8 Å². The molecule has 2 nitrogen and oxygen atoms in total. The molecule has 1 rings (SSSR count). The van der Waals surface area contributed by atoms with Gasteiger partial charge in [0.15, 0.2) is 0 Å². The Balaban J connectivity index is 2.70. The van der Waals surface area contributed by atoms with Crippen molar-refractivity contribution in [3.05, 3.63) is 12.3 Å². The third-order valence-electron chi connectivity index (χ3n) is 3.06. The van der Waals surface area contributed by atoms with Crippen LogP contribution in [0.3, 0.4) is 0 Å². The normalized spacial score (nSPS) is 42.5. The molecule has 0 aromatic carbocycles. The second-order valence-corrected chi connectivity index (χ2v) is 3.70. The summed E-state index contributed by atoms with van der Waals surface area (Å²) in [6.45, 7) is 10.4. The first-order valence-electron chi connectivity index (χ1n) is 4.46. The fourth-order valence-corrected chi connectivity index (χ4v) is 1.62. The standard InChI is InChI=1S/C10H18O2/c1-6-7(2)9(4)12-10(11-5)8(6)3/h6-8,10H,4H2,1-3,5H3. The molecular formula is C10H18O2. The molecule has 70 valence electrons. The molecule has 12 heavy (non-hydrogen) atoms. The van der Waals surface area contributed by atoms with Gasteiger partial charge in [0.05, 0.1) is 5.76 Å². The topological polar surface area (TPSA) is 18.5 Å². The second-order valence-electron chi connectivity index (χ2n) is 3.70. The van der Waals surface area contributed by atoms with Crippen LogP contribution >= 0.6 is 0 Å². The van der Waals surface area contributed by atoms with E-state index in [1.165, 1.54) is 0 Å². The molecule has 0 N–H and O–H groups in total. The van der Waals surface area contributed by atoms with Crippen LogP contribution in [-0.4, -0.2) is 13.4 Å². The van der Waals surface area contributed by atoms with Crippen molar-refractivity contribution in [2.45, 2.75) is 27.1 Å². The molecular weight excluding hydrogens is 152 g/mol. The van der Waals surface area contributed by atoms with Gasteiger partial charge in [0.25, 0.3) is 0 Å². The van der Waals surface area contributed by atoms with Crippen LogP contribution in [0.15, 0.2) is 12.3 Å². The van der Waals surface area contributed by atoms with E-state index in [9.17, 15) is 0 Å². The summed E-state index contributed by atoms with van der Waals surface area (Å²) >= 11 is 0. The summed E-state index contributed by atoms with van der Waals surface area (Å²) in [4.78, 5) is 0. The molecule has 0 aromatic rings. The Bertz CT molecular complexity index is 175. The van der Waals surface area contributed by atoms with E-state index in [1.54, 1.807) is 7.11 Å². The van der Waals surface area contributed by atoms with Crippen LogP contribution in [0.2, 0.25) is 0 Å². The maximum Gasteiger partial charge on any atom is 0.201 e. The second kappa shape index (κ2) is 3.48. The number of hydrogen-bond acceptors (Lipinski definition) is 2. The van der Waals surface area contributed by atoms with Crippen LogP contribution in [0.4, 0.5) is 0 Å². The molecule has 1 saturated heterocycles. The minimum atomic E-state index is -0.108. The summed E-state index contributed by atoms with van der Waals surface area (Å²) < 4.78 is 10.7. The molecule has 0 aromatic heterocycles. The average Bonchev–Trinajstić information content (AvgIpc) is 2.08. The van der Waals surface area contributed by atoms with E-state index in [1.807, 2.05) is 0 Å². The third kappa shape index (κ3) is 1.48. The zero-order valence-corrected chi connectivity index (χ0v) is 8.33. The minimum absolute atomic E-state index is 0.108. The van der Waals surface area contributed by atoms with E-state index in [4.69, 9.17) is 9.47 Å². The Morgan fingerprint density at radius 2 is 1.83 bits per heavy atom. The average molecular weight is 170 g/mol. The van der Waals surface area contributed by atoms with Gasteiger partial charge < -0.3 is 9.47 Å². The van der Waals surface area contributed by atoms with Crippen molar-refractivity contribution in [1.82, 2.24) is 0 Å². The van der Waals surface area contributed by atoms with E-state index < -0.39 is 0 Å². The van der Waals surface area contributed by atoms with Crippen molar-refractivity contribution in [3.63, 3.8) is 0 Å². The summed E-state index contributed by atoms with van der Waals surface area (Å²) in [5.74, 6) is 2.31. The molecule has 0 saturated carbocycles. The molecule has 0 bridgehead atoms.